The molecule has 2 heterocycles. The molecule has 2 aliphatic rings. The molecular formula is C26H24N4O2. The number of hydrogen-bond acceptors (Lipinski definition) is 6. The molecule has 6 nitrogen and oxygen atoms in total. The molecule has 0 aromatic heterocycles. The van der Waals surface area contributed by atoms with Crippen molar-refractivity contribution in [2.75, 3.05) is 18.4 Å². The summed E-state index contributed by atoms with van der Waals surface area (Å²) in [5, 5.41) is 3.47. The van der Waals surface area contributed by atoms with Gasteiger partial charge in [-0.1, -0.05) is 66.7 Å². The number of carbonyl (C=O) groups excluding carboxylic acids is 1. The van der Waals surface area contributed by atoms with E-state index >= 15 is 0 Å². The lowest BCUT2D eigenvalue weighted by atomic mass is 9.98. The van der Waals surface area contributed by atoms with Gasteiger partial charge in [-0.2, -0.15) is 0 Å². The molecule has 0 unspecified atom stereocenters. The second-order valence-electron chi connectivity index (χ2n) is 7.86. The van der Waals surface area contributed by atoms with E-state index in [1.807, 2.05) is 78.9 Å². The predicted molar refractivity (Wildman–Crippen MR) is 126 cm³/mol. The molecule has 0 radical (unpaired) electrons. The number of aliphatic imine (C=N–C) groups is 2. The third kappa shape index (κ3) is 3.87. The zero-order valence-corrected chi connectivity index (χ0v) is 17.8. The van der Waals surface area contributed by atoms with Gasteiger partial charge >= 0.3 is 5.97 Å². The Morgan fingerprint density at radius 3 is 2.41 bits per heavy atom. The molecule has 160 valence electrons. The number of aryl methyl sites for hydroxylation is 1. The lowest BCUT2D eigenvalue weighted by molar-refractivity contribution is -0.136. The van der Waals surface area contributed by atoms with Gasteiger partial charge in [0.05, 0.1) is 12.6 Å². The number of esters is 1. The fourth-order valence-corrected chi connectivity index (χ4v) is 4.13. The number of nitrogens with one attached hydrogen (secondary N) is 1. The van der Waals surface area contributed by atoms with Crippen LogP contribution >= 0.6 is 0 Å². The van der Waals surface area contributed by atoms with Gasteiger partial charge in [-0.05, 0) is 36.2 Å². The molecule has 2 atom stereocenters. The standard InChI is InChI=1S/C26H24N4O2/c1-18-10-8-9-15-21(18)28-26-27-16-17-30(26)23(19-11-4-2-5-12-19)22-25(31)32-24(29-22)20-13-6-3-7-14-20/h2-15,22-23H,16-17H2,1H3,(H,27,28)/t22-,23-/m1/s1. The summed E-state index contributed by atoms with van der Waals surface area (Å²) in [4.78, 5) is 24.6. The second kappa shape index (κ2) is 8.67. The summed E-state index contributed by atoms with van der Waals surface area (Å²) in [6, 6.07) is 26.6. The molecule has 3 aromatic carbocycles. The van der Waals surface area contributed by atoms with E-state index in [1.54, 1.807) is 0 Å². The first-order chi connectivity index (χ1) is 15.7. The van der Waals surface area contributed by atoms with E-state index in [-0.39, 0.29) is 12.0 Å². The van der Waals surface area contributed by atoms with Crippen LogP contribution in [0.5, 0.6) is 0 Å². The number of nitrogens with zero attached hydrogens (tertiary/aromatic N) is 3. The molecule has 3 aromatic rings. The third-order valence-corrected chi connectivity index (χ3v) is 5.76. The van der Waals surface area contributed by atoms with Crippen molar-refractivity contribution in [1.29, 1.82) is 0 Å². The van der Waals surface area contributed by atoms with Crippen molar-refractivity contribution in [3.63, 3.8) is 0 Å². The van der Waals surface area contributed by atoms with Gasteiger partial charge in [-0.25, -0.2) is 9.79 Å². The van der Waals surface area contributed by atoms with Crippen molar-refractivity contribution in [2.24, 2.45) is 9.98 Å². The number of ether oxygens (including phenoxy) is 1. The molecule has 5 rings (SSSR count). The zero-order valence-electron chi connectivity index (χ0n) is 17.8. The molecule has 6 heteroatoms. The van der Waals surface area contributed by atoms with E-state index in [0.29, 0.717) is 19.0 Å². The van der Waals surface area contributed by atoms with Crippen LogP contribution in [0.15, 0.2) is 94.9 Å². The number of guanidine groups is 1. The second-order valence-corrected chi connectivity index (χ2v) is 7.86. The van der Waals surface area contributed by atoms with E-state index in [9.17, 15) is 4.79 Å². The van der Waals surface area contributed by atoms with E-state index < -0.39 is 6.04 Å². The molecule has 32 heavy (non-hydrogen) atoms. The van der Waals surface area contributed by atoms with Crippen molar-refractivity contribution < 1.29 is 9.53 Å². The highest BCUT2D eigenvalue weighted by Crippen LogP contribution is 2.33. The molecule has 0 saturated heterocycles. The average Bonchev–Trinajstić information content (AvgIpc) is 3.44. The normalized spacial score (nSPS) is 18.7. The van der Waals surface area contributed by atoms with Gasteiger partial charge in [0.2, 0.25) is 5.90 Å². The molecule has 1 N–H and O–H groups in total. The van der Waals surface area contributed by atoms with Crippen LogP contribution in [0, 0.1) is 6.92 Å². The number of cyclic esters (lactones) is 1. The fraction of sp³-hybridized carbons (Fsp3) is 0.192. The minimum atomic E-state index is -0.686. The highest BCUT2D eigenvalue weighted by atomic mass is 16.6. The Bertz CT molecular complexity index is 1170. The summed E-state index contributed by atoms with van der Waals surface area (Å²) in [7, 11) is 0. The van der Waals surface area contributed by atoms with E-state index in [2.05, 4.69) is 23.2 Å². The summed E-state index contributed by atoms with van der Waals surface area (Å²) in [5.41, 5.74) is 3.91. The molecule has 0 amide bonds. The molecule has 0 bridgehead atoms. The minimum absolute atomic E-state index is 0.331. The van der Waals surface area contributed by atoms with Gasteiger partial charge in [0, 0.05) is 17.8 Å². The summed E-state index contributed by atoms with van der Waals surface area (Å²) in [6.45, 7) is 3.39. The molecular weight excluding hydrogens is 400 g/mol. The molecule has 0 saturated carbocycles. The predicted octanol–water partition coefficient (Wildman–Crippen LogP) is 4.19. The van der Waals surface area contributed by atoms with Crippen LogP contribution in [0.2, 0.25) is 0 Å². The summed E-state index contributed by atoms with van der Waals surface area (Å²) in [5.74, 6) is 0.759. The van der Waals surface area contributed by atoms with Gasteiger partial charge in [-0.15, -0.1) is 0 Å². The van der Waals surface area contributed by atoms with Gasteiger partial charge in [0.1, 0.15) is 0 Å². The molecule has 0 fully saturated rings. The maximum Gasteiger partial charge on any atom is 0.340 e. The Kier molecular flexibility index (Phi) is 5.42. The summed E-state index contributed by atoms with van der Waals surface area (Å²) >= 11 is 0. The first kappa shape index (κ1) is 20.0. The number of rotatable bonds is 5. The molecule has 0 spiro atoms. The van der Waals surface area contributed by atoms with Gasteiger partial charge < -0.3 is 15.0 Å². The smallest absolute Gasteiger partial charge is 0.340 e. The van der Waals surface area contributed by atoms with Crippen LogP contribution in [-0.2, 0) is 9.53 Å². The lowest BCUT2D eigenvalue weighted by Gasteiger charge is -2.32. The summed E-state index contributed by atoms with van der Waals surface area (Å²) < 4.78 is 5.62. The van der Waals surface area contributed by atoms with Crippen molar-refractivity contribution >= 4 is 23.5 Å². The monoisotopic (exact) mass is 424 g/mol. The average molecular weight is 425 g/mol. The largest absolute Gasteiger partial charge is 0.405 e. The highest BCUT2D eigenvalue weighted by Gasteiger charge is 2.42. The minimum Gasteiger partial charge on any atom is -0.405 e. The van der Waals surface area contributed by atoms with Crippen molar-refractivity contribution in [1.82, 2.24) is 4.90 Å². The lowest BCUT2D eigenvalue weighted by Crippen LogP contribution is -2.43. The fourth-order valence-electron chi connectivity index (χ4n) is 4.13. The Morgan fingerprint density at radius 1 is 0.969 bits per heavy atom. The van der Waals surface area contributed by atoms with Crippen LogP contribution in [0.1, 0.15) is 22.7 Å². The quantitative estimate of drug-likeness (QED) is 0.624. The Morgan fingerprint density at radius 2 is 1.66 bits per heavy atom. The van der Waals surface area contributed by atoms with Crippen molar-refractivity contribution in [3.8, 4) is 0 Å². The van der Waals surface area contributed by atoms with Crippen LogP contribution in [0.25, 0.3) is 0 Å². The summed E-state index contributed by atoms with van der Waals surface area (Å²) in [6.07, 6.45) is 0. The number of hydrogen-bond donors (Lipinski definition) is 1. The third-order valence-electron chi connectivity index (χ3n) is 5.76. The first-order valence-corrected chi connectivity index (χ1v) is 10.7. The number of benzene rings is 3. The number of anilines is 1. The first-order valence-electron chi connectivity index (χ1n) is 10.7. The molecule has 0 aliphatic carbocycles. The van der Waals surface area contributed by atoms with Crippen LogP contribution in [0.3, 0.4) is 0 Å². The van der Waals surface area contributed by atoms with Gasteiger partial charge in [-0.3, -0.25) is 4.99 Å². The number of para-hydroxylation sites is 1. The van der Waals surface area contributed by atoms with Crippen LogP contribution in [-0.4, -0.2) is 41.9 Å². The maximum atomic E-state index is 13.0. The topological polar surface area (TPSA) is 66.3 Å². The number of carbonyl (C=O) groups is 1. The van der Waals surface area contributed by atoms with E-state index in [4.69, 9.17) is 14.7 Å². The highest BCUT2D eigenvalue weighted by molar-refractivity contribution is 6.06. The van der Waals surface area contributed by atoms with Crippen LogP contribution < -0.4 is 5.32 Å². The Labute approximate surface area is 187 Å². The Balaban J connectivity index is 1.51. The van der Waals surface area contributed by atoms with E-state index in [0.717, 1.165) is 28.3 Å². The Hall–Kier alpha value is -3.93. The maximum absolute atomic E-state index is 13.0. The van der Waals surface area contributed by atoms with Crippen molar-refractivity contribution in [2.45, 2.75) is 19.0 Å². The van der Waals surface area contributed by atoms with Crippen molar-refractivity contribution in [3.05, 3.63) is 102 Å². The van der Waals surface area contributed by atoms with Gasteiger partial charge in [0.15, 0.2) is 12.0 Å². The SMILES string of the molecule is Cc1ccccc1NC1=NCCN1[C@H](c1ccccc1)[C@H]1N=C(c2ccccc2)OC1=O. The van der Waals surface area contributed by atoms with Crippen LogP contribution in [0.4, 0.5) is 5.69 Å². The van der Waals surface area contributed by atoms with E-state index in [1.165, 1.54) is 0 Å². The molecule has 2 aliphatic heterocycles. The van der Waals surface area contributed by atoms with Gasteiger partial charge in [0.25, 0.3) is 0 Å². The zero-order chi connectivity index (χ0) is 21.9.